The summed E-state index contributed by atoms with van der Waals surface area (Å²) < 4.78 is 4.72. The molecule has 1 rings (SSSR count). The van der Waals surface area contributed by atoms with Gasteiger partial charge in [-0.3, -0.25) is 0 Å². The summed E-state index contributed by atoms with van der Waals surface area (Å²) in [4.78, 5) is 11.4. The smallest absolute Gasteiger partial charge is 0.462 e. The molecule has 0 atom stereocenters. The highest BCUT2D eigenvalue weighted by Gasteiger charge is 2.12. The van der Waals surface area contributed by atoms with Crippen molar-refractivity contribution in [1.29, 1.82) is 5.26 Å². The Hall–Kier alpha value is -2.10. The molecule has 0 saturated carbocycles. The lowest BCUT2D eigenvalue weighted by Crippen LogP contribution is -2.29. The van der Waals surface area contributed by atoms with E-state index in [0.29, 0.717) is 5.56 Å². The van der Waals surface area contributed by atoms with Gasteiger partial charge in [0.1, 0.15) is 11.6 Å². The maximum atomic E-state index is 11.4. The lowest BCUT2D eigenvalue weighted by atomic mass is 9.79. The highest BCUT2D eigenvalue weighted by molar-refractivity contribution is 6.58. The second-order valence-corrected chi connectivity index (χ2v) is 3.43. The second kappa shape index (κ2) is 6.59. The molecule has 0 aliphatic rings. The van der Waals surface area contributed by atoms with Crippen LogP contribution in [0.5, 0.6) is 0 Å². The van der Waals surface area contributed by atoms with E-state index in [4.69, 9.17) is 20.0 Å². The Morgan fingerprint density at radius 1 is 1.56 bits per heavy atom. The van der Waals surface area contributed by atoms with Crippen LogP contribution >= 0.6 is 0 Å². The van der Waals surface area contributed by atoms with Crippen LogP contribution in [0.25, 0.3) is 6.08 Å². The van der Waals surface area contributed by atoms with Gasteiger partial charge in [-0.05, 0) is 24.0 Å². The van der Waals surface area contributed by atoms with Crippen molar-refractivity contribution in [2.24, 2.45) is 0 Å². The molecular formula is C12H12BNO4. The van der Waals surface area contributed by atoms with Gasteiger partial charge in [-0.2, -0.15) is 5.26 Å². The minimum Gasteiger partial charge on any atom is -0.462 e. The monoisotopic (exact) mass is 245 g/mol. The quantitative estimate of drug-likeness (QED) is 0.333. The van der Waals surface area contributed by atoms with Crippen molar-refractivity contribution in [2.45, 2.75) is 6.92 Å². The van der Waals surface area contributed by atoms with Gasteiger partial charge in [0, 0.05) is 0 Å². The van der Waals surface area contributed by atoms with Gasteiger partial charge in [0.25, 0.3) is 0 Å². The first-order chi connectivity index (χ1) is 8.58. The molecule has 0 unspecified atom stereocenters. The van der Waals surface area contributed by atoms with E-state index in [2.05, 4.69) is 0 Å². The minimum absolute atomic E-state index is 0.138. The number of hydrogen-bond acceptors (Lipinski definition) is 5. The van der Waals surface area contributed by atoms with Crippen LogP contribution in [0.4, 0.5) is 0 Å². The third-order valence-corrected chi connectivity index (χ3v) is 2.14. The standard InChI is InChI=1S/C12H12BNO4/c1-2-18-12(15)10(8-14)6-9-4-3-5-11(7-9)13(16)17/h3-7,16-17H,2H2,1H3/b10-6+. The molecule has 0 aliphatic carbocycles. The van der Waals surface area contributed by atoms with E-state index in [9.17, 15) is 4.79 Å². The van der Waals surface area contributed by atoms with Crippen molar-refractivity contribution >= 4 is 24.6 Å². The summed E-state index contributed by atoms with van der Waals surface area (Å²) in [6, 6.07) is 7.98. The first kappa shape index (κ1) is 14.0. The molecule has 0 aromatic heterocycles. The van der Waals surface area contributed by atoms with Gasteiger partial charge < -0.3 is 14.8 Å². The van der Waals surface area contributed by atoms with Gasteiger partial charge in [-0.1, -0.05) is 24.3 Å². The summed E-state index contributed by atoms with van der Waals surface area (Å²) in [5.41, 5.74) is 0.663. The maximum absolute atomic E-state index is 11.4. The van der Waals surface area contributed by atoms with E-state index in [0.717, 1.165) is 0 Å². The fraction of sp³-hybridized carbons (Fsp3) is 0.167. The fourth-order valence-electron chi connectivity index (χ4n) is 1.32. The maximum Gasteiger partial charge on any atom is 0.488 e. The molecule has 2 N–H and O–H groups in total. The highest BCUT2D eigenvalue weighted by atomic mass is 16.5. The molecule has 6 heteroatoms. The number of nitrogens with zero attached hydrogens (tertiary/aromatic N) is 1. The van der Waals surface area contributed by atoms with Crippen LogP contribution in [0.2, 0.25) is 0 Å². The predicted molar refractivity (Wildman–Crippen MR) is 66.5 cm³/mol. The number of nitriles is 1. The van der Waals surface area contributed by atoms with Crippen molar-refractivity contribution in [3.8, 4) is 6.07 Å². The van der Waals surface area contributed by atoms with Crippen molar-refractivity contribution in [2.75, 3.05) is 6.61 Å². The van der Waals surface area contributed by atoms with Crippen LogP contribution in [0, 0.1) is 11.3 Å². The van der Waals surface area contributed by atoms with Crippen molar-refractivity contribution < 1.29 is 19.6 Å². The Morgan fingerprint density at radius 2 is 2.28 bits per heavy atom. The molecule has 0 aliphatic heterocycles. The topological polar surface area (TPSA) is 90.6 Å². The summed E-state index contributed by atoms with van der Waals surface area (Å²) in [6.45, 7) is 1.84. The van der Waals surface area contributed by atoms with E-state index in [1.54, 1.807) is 25.1 Å². The summed E-state index contributed by atoms with van der Waals surface area (Å²) in [6.07, 6.45) is 1.34. The molecule has 0 fully saturated rings. The van der Waals surface area contributed by atoms with Crippen molar-refractivity contribution in [1.82, 2.24) is 0 Å². The number of hydrogen-bond donors (Lipinski definition) is 2. The van der Waals surface area contributed by atoms with Gasteiger partial charge in [0.2, 0.25) is 0 Å². The number of carbonyl (C=O) groups excluding carboxylic acids is 1. The average Bonchev–Trinajstić information content (AvgIpc) is 2.36. The number of ether oxygens (including phenoxy) is 1. The van der Waals surface area contributed by atoms with Gasteiger partial charge >= 0.3 is 13.1 Å². The molecule has 0 heterocycles. The molecule has 18 heavy (non-hydrogen) atoms. The van der Waals surface area contributed by atoms with E-state index in [1.807, 2.05) is 0 Å². The van der Waals surface area contributed by atoms with E-state index >= 15 is 0 Å². The van der Waals surface area contributed by atoms with Crippen LogP contribution in [-0.4, -0.2) is 29.7 Å². The van der Waals surface area contributed by atoms with Crippen LogP contribution in [0.1, 0.15) is 12.5 Å². The van der Waals surface area contributed by atoms with Crippen molar-refractivity contribution in [3.05, 3.63) is 35.4 Å². The Bertz CT molecular complexity index is 505. The predicted octanol–water partition coefficient (Wildman–Crippen LogP) is -0.164. The molecule has 5 nitrogen and oxygen atoms in total. The van der Waals surface area contributed by atoms with Crippen LogP contribution in [0.15, 0.2) is 29.8 Å². The molecule has 1 aromatic carbocycles. The normalized spacial score (nSPS) is 10.7. The molecular weight excluding hydrogens is 233 g/mol. The highest BCUT2D eigenvalue weighted by Crippen LogP contribution is 2.07. The van der Waals surface area contributed by atoms with E-state index in [1.165, 1.54) is 18.2 Å². The average molecular weight is 245 g/mol. The molecule has 1 aromatic rings. The van der Waals surface area contributed by atoms with Gasteiger partial charge in [0.15, 0.2) is 0 Å². The molecule has 0 saturated heterocycles. The third kappa shape index (κ3) is 3.73. The Balaban J connectivity index is 3.03. The zero-order valence-corrected chi connectivity index (χ0v) is 9.83. The summed E-state index contributed by atoms with van der Waals surface area (Å²) in [5.74, 6) is -0.699. The third-order valence-electron chi connectivity index (χ3n) is 2.14. The van der Waals surface area contributed by atoms with Gasteiger partial charge in [-0.15, -0.1) is 0 Å². The molecule has 92 valence electrons. The number of carbonyl (C=O) groups is 1. The lowest BCUT2D eigenvalue weighted by molar-refractivity contribution is -0.137. The first-order valence-corrected chi connectivity index (χ1v) is 5.33. The van der Waals surface area contributed by atoms with Crippen LogP contribution in [0.3, 0.4) is 0 Å². The Morgan fingerprint density at radius 3 is 2.83 bits per heavy atom. The second-order valence-electron chi connectivity index (χ2n) is 3.43. The molecule has 0 radical (unpaired) electrons. The zero-order valence-electron chi connectivity index (χ0n) is 9.83. The fourth-order valence-corrected chi connectivity index (χ4v) is 1.32. The Kier molecular flexibility index (Phi) is 5.12. The lowest BCUT2D eigenvalue weighted by Gasteiger charge is -2.02. The molecule has 0 amide bonds. The van der Waals surface area contributed by atoms with Gasteiger partial charge in [-0.25, -0.2) is 4.79 Å². The summed E-state index contributed by atoms with van der Waals surface area (Å²) in [5, 5.41) is 26.9. The molecule has 0 bridgehead atoms. The number of benzene rings is 1. The molecule has 0 spiro atoms. The largest absolute Gasteiger partial charge is 0.488 e. The van der Waals surface area contributed by atoms with Crippen molar-refractivity contribution in [3.63, 3.8) is 0 Å². The summed E-state index contributed by atoms with van der Waals surface area (Å²) in [7, 11) is -1.59. The zero-order chi connectivity index (χ0) is 13.5. The number of rotatable bonds is 4. The summed E-state index contributed by atoms with van der Waals surface area (Å²) >= 11 is 0. The minimum atomic E-state index is -1.59. The van der Waals surface area contributed by atoms with E-state index < -0.39 is 13.1 Å². The first-order valence-electron chi connectivity index (χ1n) is 5.33. The van der Waals surface area contributed by atoms with Gasteiger partial charge in [0.05, 0.1) is 6.61 Å². The van der Waals surface area contributed by atoms with Crippen LogP contribution < -0.4 is 5.46 Å². The number of esters is 1. The SMILES string of the molecule is CCOC(=O)/C(C#N)=C/c1cccc(B(O)O)c1. The van der Waals surface area contributed by atoms with E-state index in [-0.39, 0.29) is 17.6 Å². The van der Waals surface area contributed by atoms with Crippen LogP contribution in [-0.2, 0) is 9.53 Å². The Labute approximate surface area is 105 Å².